The van der Waals surface area contributed by atoms with E-state index in [0.29, 0.717) is 23.1 Å². The number of aryl methyl sites for hydroxylation is 1. The first-order valence-electron chi connectivity index (χ1n) is 11.9. The average molecular weight is 554 g/mol. The van der Waals surface area contributed by atoms with E-state index in [1.807, 2.05) is 45.9 Å². The lowest BCUT2D eigenvalue weighted by Crippen LogP contribution is -2.27. The molecule has 0 spiro atoms. The van der Waals surface area contributed by atoms with Crippen LogP contribution in [0.25, 0.3) is 0 Å². The normalized spacial score (nSPS) is 12.1. The van der Waals surface area contributed by atoms with E-state index in [1.165, 1.54) is 0 Å². The number of halogens is 6. The van der Waals surface area contributed by atoms with Gasteiger partial charge in [-0.1, -0.05) is 87.3 Å². The number of rotatable bonds is 7. The van der Waals surface area contributed by atoms with Gasteiger partial charge in [0.1, 0.15) is 0 Å². The molecular weight excluding hydrogens is 525 g/mol. The third-order valence-corrected chi connectivity index (χ3v) is 7.01. The van der Waals surface area contributed by atoms with Crippen LogP contribution in [0.4, 0.5) is 17.6 Å². The van der Waals surface area contributed by atoms with Crippen LogP contribution in [0.15, 0.2) is 48.5 Å². The quantitative estimate of drug-likeness (QED) is 0.291. The standard InChI is InChI=1S/C29H29Cl2F4NO/c1-5-19-14-18(8-11-24(19)30)12-13-36-27(37)22-16-23(29(33,34)35)21(25(31)26(22)32)15-17-6-9-20(10-7-17)28(2,3)4/h6-11,14,16H,5,12-13,15H2,1-4H3,(H,36,37). The minimum absolute atomic E-state index is 0.101. The zero-order valence-electron chi connectivity index (χ0n) is 21.1. The molecule has 0 bridgehead atoms. The molecule has 0 heterocycles. The summed E-state index contributed by atoms with van der Waals surface area (Å²) in [4.78, 5) is 12.7. The van der Waals surface area contributed by atoms with Crippen molar-refractivity contribution in [3.63, 3.8) is 0 Å². The van der Waals surface area contributed by atoms with E-state index >= 15 is 4.39 Å². The molecule has 0 aliphatic heterocycles. The molecule has 0 saturated carbocycles. The van der Waals surface area contributed by atoms with Gasteiger partial charge in [0.2, 0.25) is 0 Å². The first kappa shape index (κ1) is 29.0. The van der Waals surface area contributed by atoms with E-state index in [-0.39, 0.29) is 18.4 Å². The molecule has 0 aromatic heterocycles. The van der Waals surface area contributed by atoms with Crippen LogP contribution in [-0.2, 0) is 30.9 Å². The summed E-state index contributed by atoms with van der Waals surface area (Å²) in [6.07, 6.45) is -3.92. The zero-order chi connectivity index (χ0) is 27.5. The Labute approximate surface area is 225 Å². The number of amides is 1. The van der Waals surface area contributed by atoms with Crippen LogP contribution in [0.3, 0.4) is 0 Å². The van der Waals surface area contributed by atoms with E-state index in [2.05, 4.69) is 5.32 Å². The van der Waals surface area contributed by atoms with Crippen LogP contribution >= 0.6 is 23.2 Å². The fourth-order valence-electron chi connectivity index (χ4n) is 4.05. The van der Waals surface area contributed by atoms with Gasteiger partial charge in [-0.3, -0.25) is 4.79 Å². The van der Waals surface area contributed by atoms with Gasteiger partial charge in [-0.2, -0.15) is 13.2 Å². The highest BCUT2D eigenvalue weighted by atomic mass is 35.5. The van der Waals surface area contributed by atoms with Gasteiger partial charge in [0.15, 0.2) is 5.82 Å². The molecule has 2 nitrogen and oxygen atoms in total. The topological polar surface area (TPSA) is 29.1 Å². The van der Waals surface area contributed by atoms with E-state index in [1.54, 1.807) is 24.3 Å². The van der Waals surface area contributed by atoms with Crippen LogP contribution < -0.4 is 5.32 Å². The third kappa shape index (κ3) is 7.05. The molecule has 3 aromatic rings. The minimum atomic E-state index is -4.83. The van der Waals surface area contributed by atoms with Gasteiger partial charge < -0.3 is 5.32 Å². The van der Waals surface area contributed by atoms with Gasteiger partial charge in [0.05, 0.1) is 16.1 Å². The summed E-state index contributed by atoms with van der Waals surface area (Å²) < 4.78 is 57.1. The summed E-state index contributed by atoms with van der Waals surface area (Å²) in [5, 5.41) is 2.43. The van der Waals surface area contributed by atoms with E-state index < -0.39 is 39.6 Å². The van der Waals surface area contributed by atoms with Crippen molar-refractivity contribution in [3.8, 4) is 0 Å². The van der Waals surface area contributed by atoms with Crippen molar-refractivity contribution in [2.75, 3.05) is 6.54 Å². The molecule has 8 heteroatoms. The highest BCUT2D eigenvalue weighted by Gasteiger charge is 2.37. The molecule has 1 N–H and O–H groups in total. The minimum Gasteiger partial charge on any atom is -0.352 e. The van der Waals surface area contributed by atoms with Crippen molar-refractivity contribution >= 4 is 29.1 Å². The Kier molecular flexibility index (Phi) is 8.97. The van der Waals surface area contributed by atoms with Crippen LogP contribution in [0.1, 0.15) is 71.4 Å². The van der Waals surface area contributed by atoms with Crippen molar-refractivity contribution in [2.45, 2.75) is 58.5 Å². The molecule has 37 heavy (non-hydrogen) atoms. The predicted octanol–water partition coefficient (Wildman–Crippen LogP) is 8.57. The zero-order valence-corrected chi connectivity index (χ0v) is 22.6. The Morgan fingerprint density at radius 2 is 1.57 bits per heavy atom. The lowest BCUT2D eigenvalue weighted by atomic mass is 9.86. The molecule has 3 aromatic carbocycles. The Morgan fingerprint density at radius 1 is 0.946 bits per heavy atom. The van der Waals surface area contributed by atoms with Crippen molar-refractivity contribution in [3.05, 3.63) is 103 Å². The lowest BCUT2D eigenvalue weighted by Gasteiger charge is -2.20. The summed E-state index contributed by atoms with van der Waals surface area (Å²) in [6.45, 7) is 8.14. The summed E-state index contributed by atoms with van der Waals surface area (Å²) in [6, 6.07) is 13.1. The fraction of sp³-hybridized carbons (Fsp3) is 0.345. The van der Waals surface area contributed by atoms with Gasteiger partial charge in [0, 0.05) is 11.6 Å². The number of hydrogen-bond donors (Lipinski definition) is 1. The lowest BCUT2D eigenvalue weighted by molar-refractivity contribution is -0.138. The Hall–Kier alpha value is -2.57. The van der Waals surface area contributed by atoms with Gasteiger partial charge in [-0.25, -0.2) is 4.39 Å². The Balaban J connectivity index is 1.85. The molecule has 3 rings (SSSR count). The van der Waals surface area contributed by atoms with Crippen LogP contribution in [0.2, 0.25) is 10.0 Å². The van der Waals surface area contributed by atoms with Gasteiger partial charge in [-0.15, -0.1) is 0 Å². The number of hydrogen-bond acceptors (Lipinski definition) is 1. The monoisotopic (exact) mass is 553 g/mol. The second-order valence-electron chi connectivity index (χ2n) is 9.98. The summed E-state index contributed by atoms with van der Waals surface area (Å²) >= 11 is 12.2. The summed E-state index contributed by atoms with van der Waals surface area (Å²) in [5.74, 6) is -2.14. The number of alkyl halides is 3. The van der Waals surface area contributed by atoms with Crippen LogP contribution in [0.5, 0.6) is 0 Å². The average Bonchev–Trinajstić information content (AvgIpc) is 2.82. The highest BCUT2D eigenvalue weighted by molar-refractivity contribution is 6.32. The number of benzene rings is 3. The third-order valence-electron chi connectivity index (χ3n) is 6.25. The first-order valence-corrected chi connectivity index (χ1v) is 12.7. The molecule has 0 aliphatic carbocycles. The molecule has 198 valence electrons. The molecule has 0 atom stereocenters. The SMILES string of the molecule is CCc1cc(CCNC(=O)c2cc(C(F)(F)F)c(Cc3ccc(C(C)(C)C)cc3)c(Cl)c2F)ccc1Cl. The van der Waals surface area contributed by atoms with Crippen LogP contribution in [-0.4, -0.2) is 12.5 Å². The fourth-order valence-corrected chi connectivity index (χ4v) is 4.57. The molecule has 0 saturated heterocycles. The smallest absolute Gasteiger partial charge is 0.352 e. The van der Waals surface area contributed by atoms with Crippen molar-refractivity contribution < 1.29 is 22.4 Å². The van der Waals surface area contributed by atoms with E-state index in [0.717, 1.165) is 23.1 Å². The Morgan fingerprint density at radius 3 is 2.14 bits per heavy atom. The number of carbonyl (C=O) groups excluding carboxylic acids is 1. The van der Waals surface area contributed by atoms with Gasteiger partial charge in [0.25, 0.3) is 5.91 Å². The van der Waals surface area contributed by atoms with Gasteiger partial charge >= 0.3 is 6.18 Å². The van der Waals surface area contributed by atoms with E-state index in [9.17, 15) is 18.0 Å². The highest BCUT2D eigenvalue weighted by Crippen LogP contribution is 2.39. The largest absolute Gasteiger partial charge is 0.416 e. The maximum absolute atomic E-state index is 15.1. The first-order chi connectivity index (χ1) is 17.2. The van der Waals surface area contributed by atoms with Gasteiger partial charge in [-0.05, 0) is 64.6 Å². The predicted molar refractivity (Wildman–Crippen MR) is 141 cm³/mol. The van der Waals surface area contributed by atoms with Crippen LogP contribution in [0, 0.1) is 5.82 Å². The summed E-state index contributed by atoms with van der Waals surface area (Å²) in [7, 11) is 0. The van der Waals surface area contributed by atoms with Crippen molar-refractivity contribution in [1.29, 1.82) is 0 Å². The molecule has 0 unspecified atom stereocenters. The molecular formula is C29H29Cl2F4NO. The van der Waals surface area contributed by atoms with E-state index in [4.69, 9.17) is 23.2 Å². The second-order valence-corrected chi connectivity index (χ2v) is 10.8. The molecule has 0 fully saturated rings. The number of carbonyl (C=O) groups is 1. The Bertz CT molecular complexity index is 1280. The van der Waals surface area contributed by atoms with Crippen molar-refractivity contribution in [2.24, 2.45) is 0 Å². The molecule has 0 radical (unpaired) electrons. The maximum atomic E-state index is 15.1. The molecule has 1 amide bonds. The maximum Gasteiger partial charge on any atom is 0.416 e. The molecule has 0 aliphatic rings. The van der Waals surface area contributed by atoms with Crippen molar-refractivity contribution in [1.82, 2.24) is 5.32 Å². The summed E-state index contributed by atoms with van der Waals surface area (Å²) in [5.41, 5.74) is 1.00. The number of nitrogens with one attached hydrogen (secondary N) is 1. The second kappa shape index (κ2) is 11.4.